The van der Waals surface area contributed by atoms with Crippen LogP contribution in [0.25, 0.3) is 10.8 Å². The molecular weight excluding hydrogens is 408 g/mol. The van der Waals surface area contributed by atoms with Crippen molar-refractivity contribution < 1.29 is 14.7 Å². The lowest BCUT2D eigenvalue weighted by molar-refractivity contribution is -0.116. The van der Waals surface area contributed by atoms with Gasteiger partial charge in [0.05, 0.1) is 12.1 Å². The van der Waals surface area contributed by atoms with Crippen LogP contribution in [-0.2, 0) is 4.79 Å². The molecule has 0 atom stereocenters. The number of fused-ring (bicyclic) bond motifs is 1. The molecule has 2 N–H and O–H groups in total. The summed E-state index contributed by atoms with van der Waals surface area (Å²) in [5.41, 5.74) is 1.78. The highest BCUT2D eigenvalue weighted by atomic mass is 79.9. The number of anilines is 1. The van der Waals surface area contributed by atoms with E-state index in [0.29, 0.717) is 5.69 Å². The molecule has 0 saturated carbocycles. The second kappa shape index (κ2) is 7.80. The van der Waals surface area contributed by atoms with E-state index in [9.17, 15) is 14.7 Å². The van der Waals surface area contributed by atoms with Crippen molar-refractivity contribution in [2.75, 3.05) is 18.9 Å². The molecule has 0 aliphatic rings. The molecule has 5 nitrogen and oxygen atoms in total. The van der Waals surface area contributed by atoms with E-state index in [1.54, 1.807) is 18.2 Å². The molecule has 0 aliphatic carbocycles. The van der Waals surface area contributed by atoms with Gasteiger partial charge < -0.3 is 15.3 Å². The van der Waals surface area contributed by atoms with Gasteiger partial charge in [-0.1, -0.05) is 40.2 Å². The van der Waals surface area contributed by atoms with Gasteiger partial charge in [0.15, 0.2) is 0 Å². The maximum atomic E-state index is 12.7. The second-order valence-corrected chi connectivity index (χ2v) is 7.30. The number of aromatic hydroxyl groups is 1. The van der Waals surface area contributed by atoms with Gasteiger partial charge in [0.1, 0.15) is 5.75 Å². The average Bonchev–Trinajstić information content (AvgIpc) is 2.62. The van der Waals surface area contributed by atoms with Crippen molar-refractivity contribution in [2.24, 2.45) is 0 Å². The summed E-state index contributed by atoms with van der Waals surface area (Å²) in [6, 6.07) is 16.2. The first-order chi connectivity index (χ1) is 12.8. The molecule has 0 saturated heterocycles. The summed E-state index contributed by atoms with van der Waals surface area (Å²) in [4.78, 5) is 26.3. The Morgan fingerprint density at radius 3 is 2.41 bits per heavy atom. The maximum Gasteiger partial charge on any atom is 0.257 e. The summed E-state index contributed by atoms with van der Waals surface area (Å²) in [5, 5.41) is 14.7. The quantitative estimate of drug-likeness (QED) is 0.652. The van der Waals surface area contributed by atoms with Crippen LogP contribution in [0.3, 0.4) is 0 Å². The van der Waals surface area contributed by atoms with E-state index in [2.05, 4.69) is 21.2 Å². The van der Waals surface area contributed by atoms with Gasteiger partial charge in [0.25, 0.3) is 5.91 Å². The number of aryl methyl sites for hydroxylation is 1. The van der Waals surface area contributed by atoms with Gasteiger partial charge in [-0.25, -0.2) is 0 Å². The molecule has 0 radical (unpaired) electrons. The third-order valence-corrected chi connectivity index (χ3v) is 4.78. The summed E-state index contributed by atoms with van der Waals surface area (Å²) in [7, 11) is 1.53. The zero-order valence-corrected chi connectivity index (χ0v) is 16.6. The first-order valence-electron chi connectivity index (χ1n) is 8.38. The number of nitrogens with one attached hydrogen (secondary N) is 1. The molecule has 6 heteroatoms. The van der Waals surface area contributed by atoms with Gasteiger partial charge in [-0.15, -0.1) is 0 Å². The van der Waals surface area contributed by atoms with E-state index in [1.807, 2.05) is 43.3 Å². The zero-order chi connectivity index (χ0) is 19.6. The van der Waals surface area contributed by atoms with E-state index >= 15 is 0 Å². The largest absolute Gasteiger partial charge is 0.507 e. The fraction of sp³-hybridized carbons (Fsp3) is 0.143. The zero-order valence-electron chi connectivity index (χ0n) is 15.0. The van der Waals surface area contributed by atoms with Gasteiger partial charge in [0, 0.05) is 17.2 Å². The van der Waals surface area contributed by atoms with Gasteiger partial charge in [-0.05, 0) is 53.6 Å². The third-order valence-electron chi connectivity index (χ3n) is 4.28. The number of hydrogen-bond acceptors (Lipinski definition) is 3. The fourth-order valence-electron chi connectivity index (χ4n) is 2.85. The minimum atomic E-state index is -0.416. The van der Waals surface area contributed by atoms with Crippen molar-refractivity contribution in [3.63, 3.8) is 0 Å². The van der Waals surface area contributed by atoms with E-state index in [4.69, 9.17) is 0 Å². The lowest BCUT2D eigenvalue weighted by Gasteiger charge is -2.18. The van der Waals surface area contributed by atoms with Gasteiger partial charge in [0.2, 0.25) is 5.91 Å². The van der Waals surface area contributed by atoms with Crippen LogP contribution in [0.1, 0.15) is 15.9 Å². The van der Waals surface area contributed by atoms with Crippen LogP contribution in [-0.4, -0.2) is 35.4 Å². The molecule has 3 rings (SSSR count). The van der Waals surface area contributed by atoms with Crippen LogP contribution >= 0.6 is 15.9 Å². The summed E-state index contributed by atoms with van der Waals surface area (Å²) in [6.07, 6.45) is 0. The number of carbonyl (C=O) groups excluding carboxylic acids is 2. The number of rotatable bonds is 4. The smallest absolute Gasteiger partial charge is 0.257 e. The van der Waals surface area contributed by atoms with E-state index in [0.717, 1.165) is 20.8 Å². The Bertz CT molecular complexity index is 1030. The number of hydrogen-bond donors (Lipinski definition) is 2. The van der Waals surface area contributed by atoms with Crippen LogP contribution in [0.2, 0.25) is 0 Å². The first kappa shape index (κ1) is 18.9. The fourth-order valence-corrected chi connectivity index (χ4v) is 3.33. The van der Waals surface area contributed by atoms with E-state index in [1.165, 1.54) is 11.9 Å². The second-order valence-electron chi connectivity index (χ2n) is 6.39. The molecule has 138 valence electrons. The highest BCUT2D eigenvalue weighted by Crippen LogP contribution is 2.26. The van der Waals surface area contributed by atoms with Crippen LogP contribution < -0.4 is 5.32 Å². The SMILES string of the molecule is Cc1cc(Br)ccc1NC(=O)CN(C)C(=O)c1cc2ccccc2cc1O. The monoisotopic (exact) mass is 426 g/mol. The minimum Gasteiger partial charge on any atom is -0.507 e. The minimum absolute atomic E-state index is 0.102. The van der Waals surface area contributed by atoms with Crippen molar-refractivity contribution in [3.8, 4) is 5.75 Å². The number of likely N-dealkylation sites (N-methyl/N-ethyl adjacent to an activating group) is 1. The Morgan fingerprint density at radius 1 is 1.07 bits per heavy atom. The summed E-state index contributed by atoms with van der Waals surface area (Å²) >= 11 is 3.38. The molecule has 0 heterocycles. The number of halogens is 1. The molecule has 3 aromatic carbocycles. The standard InChI is InChI=1S/C21H19BrN2O3/c1-13-9-16(22)7-8-18(13)23-20(26)12-24(2)21(27)17-10-14-5-3-4-6-15(14)11-19(17)25/h3-11,25H,12H2,1-2H3,(H,23,26). The van der Waals surface area contributed by atoms with Gasteiger partial charge in [-0.2, -0.15) is 0 Å². The number of carbonyl (C=O) groups is 2. The van der Waals surface area contributed by atoms with E-state index < -0.39 is 5.91 Å². The van der Waals surface area contributed by atoms with Crippen molar-refractivity contribution in [1.29, 1.82) is 0 Å². The molecule has 2 amide bonds. The van der Waals surface area contributed by atoms with Crippen LogP contribution in [0, 0.1) is 6.92 Å². The Balaban J connectivity index is 1.73. The number of nitrogens with zero attached hydrogens (tertiary/aromatic N) is 1. The predicted molar refractivity (Wildman–Crippen MR) is 110 cm³/mol. The van der Waals surface area contributed by atoms with Crippen LogP contribution in [0.5, 0.6) is 5.75 Å². The lowest BCUT2D eigenvalue weighted by atomic mass is 10.1. The van der Waals surface area contributed by atoms with Crippen molar-refractivity contribution in [2.45, 2.75) is 6.92 Å². The maximum absolute atomic E-state index is 12.7. The Morgan fingerprint density at radius 2 is 1.74 bits per heavy atom. The summed E-state index contributed by atoms with van der Waals surface area (Å²) in [6.45, 7) is 1.77. The highest BCUT2D eigenvalue weighted by Gasteiger charge is 2.19. The highest BCUT2D eigenvalue weighted by molar-refractivity contribution is 9.10. The third kappa shape index (κ3) is 4.28. The molecule has 0 unspecified atom stereocenters. The van der Waals surface area contributed by atoms with Gasteiger partial charge in [-0.3, -0.25) is 9.59 Å². The van der Waals surface area contributed by atoms with Crippen molar-refractivity contribution in [1.82, 2.24) is 4.90 Å². The Hall–Kier alpha value is -2.86. The summed E-state index contributed by atoms with van der Waals surface area (Å²) < 4.78 is 0.928. The molecule has 0 aromatic heterocycles. The normalized spacial score (nSPS) is 10.6. The number of benzene rings is 3. The molecule has 27 heavy (non-hydrogen) atoms. The number of amides is 2. The Labute approximate surface area is 165 Å². The number of phenols is 1. The average molecular weight is 427 g/mol. The van der Waals surface area contributed by atoms with Crippen LogP contribution in [0.15, 0.2) is 59.1 Å². The van der Waals surface area contributed by atoms with E-state index in [-0.39, 0.29) is 23.8 Å². The molecule has 0 bridgehead atoms. The molecule has 0 aliphatic heterocycles. The molecule has 3 aromatic rings. The number of phenolic OH excluding ortho intramolecular Hbond substituents is 1. The van der Waals surface area contributed by atoms with Crippen molar-refractivity contribution >= 4 is 44.2 Å². The van der Waals surface area contributed by atoms with Crippen LogP contribution in [0.4, 0.5) is 5.69 Å². The van der Waals surface area contributed by atoms with Crippen molar-refractivity contribution in [3.05, 3.63) is 70.2 Å². The molecule has 0 fully saturated rings. The molecular formula is C21H19BrN2O3. The molecule has 0 spiro atoms. The predicted octanol–water partition coefficient (Wildman–Crippen LogP) is 4.33. The van der Waals surface area contributed by atoms with Gasteiger partial charge >= 0.3 is 0 Å². The lowest BCUT2D eigenvalue weighted by Crippen LogP contribution is -2.35. The topological polar surface area (TPSA) is 69.6 Å². The summed E-state index contributed by atoms with van der Waals surface area (Å²) in [5.74, 6) is -0.827. The Kier molecular flexibility index (Phi) is 5.46. The first-order valence-corrected chi connectivity index (χ1v) is 9.17.